The maximum atomic E-state index is 4.89. The predicted octanol–water partition coefficient (Wildman–Crippen LogP) is 3.36. The number of thiocarbonyl (C=S) groups is 1. The fourth-order valence-corrected chi connectivity index (χ4v) is 1.60. The summed E-state index contributed by atoms with van der Waals surface area (Å²) in [5.41, 5.74) is 2.46. The molecule has 11 heavy (non-hydrogen) atoms. The Bertz CT molecular complexity index is 268. The molecule has 0 aliphatic heterocycles. The Labute approximate surface area is 80.8 Å². The molecule has 2 heteroatoms. The summed E-state index contributed by atoms with van der Waals surface area (Å²) >= 11 is 8.29. The summed E-state index contributed by atoms with van der Waals surface area (Å²) in [5.74, 6) is 0. The first-order valence-corrected chi connectivity index (χ1v) is 4.78. The molecular formula is C9H9BrS. The van der Waals surface area contributed by atoms with E-state index in [2.05, 4.69) is 28.9 Å². The van der Waals surface area contributed by atoms with E-state index in [1.165, 1.54) is 5.56 Å². The van der Waals surface area contributed by atoms with Crippen molar-refractivity contribution in [2.75, 3.05) is 0 Å². The lowest BCUT2D eigenvalue weighted by atomic mass is 10.1. The van der Waals surface area contributed by atoms with E-state index in [0.29, 0.717) is 0 Å². The van der Waals surface area contributed by atoms with E-state index in [1.54, 1.807) is 5.37 Å². The second kappa shape index (κ2) is 3.98. The van der Waals surface area contributed by atoms with Crippen LogP contribution in [0.25, 0.3) is 0 Å². The number of rotatable bonds is 2. The molecule has 0 aliphatic rings. The molecular weight excluding hydrogens is 220 g/mol. The Balaban J connectivity index is 3.16. The highest BCUT2D eigenvalue weighted by molar-refractivity contribution is 9.10. The molecule has 0 heterocycles. The number of benzene rings is 1. The Kier molecular flexibility index (Phi) is 3.21. The maximum Gasteiger partial charge on any atom is 0.0181 e. The van der Waals surface area contributed by atoms with Gasteiger partial charge in [-0.05, 0) is 29.7 Å². The molecule has 1 aromatic rings. The highest BCUT2D eigenvalue weighted by Gasteiger charge is 1.96. The third kappa shape index (κ3) is 2.11. The van der Waals surface area contributed by atoms with E-state index in [4.69, 9.17) is 12.2 Å². The van der Waals surface area contributed by atoms with Gasteiger partial charge in [-0.25, -0.2) is 0 Å². The summed E-state index contributed by atoms with van der Waals surface area (Å²) in [4.78, 5) is 0. The van der Waals surface area contributed by atoms with Crippen molar-refractivity contribution in [2.45, 2.75) is 13.3 Å². The first-order valence-electron chi connectivity index (χ1n) is 3.51. The first-order chi connectivity index (χ1) is 5.27. The van der Waals surface area contributed by atoms with Gasteiger partial charge in [0.1, 0.15) is 0 Å². The van der Waals surface area contributed by atoms with Crippen LogP contribution in [0.1, 0.15) is 18.1 Å². The molecule has 0 radical (unpaired) electrons. The standard InChI is InChI=1S/C9H9BrS/c1-2-7-3-4-9(10)5-8(7)6-11/h3-6H,2H2,1H3. The second-order valence-electron chi connectivity index (χ2n) is 2.31. The van der Waals surface area contributed by atoms with Crippen molar-refractivity contribution in [3.8, 4) is 0 Å². The van der Waals surface area contributed by atoms with E-state index in [-0.39, 0.29) is 0 Å². The molecule has 0 unspecified atom stereocenters. The zero-order valence-corrected chi connectivity index (χ0v) is 8.71. The average Bonchev–Trinajstić information content (AvgIpc) is 2.04. The number of aryl methyl sites for hydroxylation is 1. The van der Waals surface area contributed by atoms with Gasteiger partial charge in [0.2, 0.25) is 0 Å². The van der Waals surface area contributed by atoms with Gasteiger partial charge in [-0.2, -0.15) is 0 Å². The molecule has 0 N–H and O–H groups in total. The van der Waals surface area contributed by atoms with Crippen molar-refractivity contribution < 1.29 is 0 Å². The fraction of sp³-hybridized carbons (Fsp3) is 0.222. The fourth-order valence-electron chi connectivity index (χ4n) is 0.997. The summed E-state index contributed by atoms with van der Waals surface area (Å²) in [5, 5.41) is 1.73. The molecule has 0 aliphatic carbocycles. The third-order valence-corrected chi connectivity index (χ3v) is 2.36. The van der Waals surface area contributed by atoms with E-state index >= 15 is 0 Å². The van der Waals surface area contributed by atoms with Crippen molar-refractivity contribution in [1.29, 1.82) is 0 Å². The molecule has 0 fully saturated rings. The van der Waals surface area contributed by atoms with Gasteiger partial charge in [0.25, 0.3) is 0 Å². The number of hydrogen-bond acceptors (Lipinski definition) is 1. The Morgan fingerprint density at radius 1 is 1.55 bits per heavy atom. The number of halogens is 1. The van der Waals surface area contributed by atoms with Crippen LogP contribution in [-0.2, 0) is 6.42 Å². The SMILES string of the molecule is CCc1ccc(Br)cc1C=S. The average molecular weight is 229 g/mol. The second-order valence-corrected chi connectivity index (χ2v) is 3.47. The van der Waals surface area contributed by atoms with Gasteiger partial charge in [0.05, 0.1) is 0 Å². The maximum absolute atomic E-state index is 4.89. The Morgan fingerprint density at radius 2 is 2.27 bits per heavy atom. The molecule has 0 saturated heterocycles. The Morgan fingerprint density at radius 3 is 2.82 bits per heavy atom. The molecule has 1 aromatic carbocycles. The van der Waals surface area contributed by atoms with Gasteiger partial charge in [0.15, 0.2) is 0 Å². The molecule has 0 bridgehead atoms. The summed E-state index contributed by atoms with van der Waals surface area (Å²) in [6.07, 6.45) is 1.04. The largest absolute Gasteiger partial charge is 0.0881 e. The molecule has 0 amide bonds. The number of hydrogen-bond donors (Lipinski definition) is 0. The van der Waals surface area contributed by atoms with E-state index < -0.39 is 0 Å². The van der Waals surface area contributed by atoms with Crippen molar-refractivity contribution >= 4 is 33.5 Å². The van der Waals surface area contributed by atoms with Gasteiger partial charge >= 0.3 is 0 Å². The van der Waals surface area contributed by atoms with Crippen LogP contribution in [0.15, 0.2) is 22.7 Å². The lowest BCUT2D eigenvalue weighted by molar-refractivity contribution is 1.13. The van der Waals surface area contributed by atoms with Crippen LogP contribution < -0.4 is 0 Å². The highest BCUT2D eigenvalue weighted by atomic mass is 79.9. The van der Waals surface area contributed by atoms with Gasteiger partial charge in [-0.1, -0.05) is 41.1 Å². The van der Waals surface area contributed by atoms with E-state index in [1.807, 2.05) is 12.1 Å². The quantitative estimate of drug-likeness (QED) is 0.700. The topological polar surface area (TPSA) is 0 Å². The minimum Gasteiger partial charge on any atom is -0.0881 e. The van der Waals surface area contributed by atoms with Crippen molar-refractivity contribution in [2.24, 2.45) is 0 Å². The first kappa shape index (κ1) is 8.88. The predicted molar refractivity (Wildman–Crippen MR) is 56.3 cm³/mol. The Hall–Kier alpha value is -0.210. The zero-order chi connectivity index (χ0) is 8.27. The van der Waals surface area contributed by atoms with Crippen LogP contribution in [0.4, 0.5) is 0 Å². The minimum absolute atomic E-state index is 1.04. The van der Waals surface area contributed by atoms with E-state index in [9.17, 15) is 0 Å². The van der Waals surface area contributed by atoms with Crippen molar-refractivity contribution in [3.63, 3.8) is 0 Å². The molecule has 0 saturated carbocycles. The normalized spacial score (nSPS) is 9.64. The smallest absolute Gasteiger partial charge is 0.0181 e. The summed E-state index contributed by atoms with van der Waals surface area (Å²) < 4.78 is 1.09. The van der Waals surface area contributed by atoms with Crippen LogP contribution in [0.5, 0.6) is 0 Å². The minimum atomic E-state index is 1.04. The van der Waals surface area contributed by atoms with Gasteiger partial charge in [-0.15, -0.1) is 0 Å². The van der Waals surface area contributed by atoms with Gasteiger partial charge in [0, 0.05) is 9.84 Å². The molecule has 0 nitrogen and oxygen atoms in total. The summed E-state index contributed by atoms with van der Waals surface area (Å²) in [6.45, 7) is 2.13. The van der Waals surface area contributed by atoms with Crippen LogP contribution in [0, 0.1) is 0 Å². The van der Waals surface area contributed by atoms with Crippen LogP contribution >= 0.6 is 28.1 Å². The van der Waals surface area contributed by atoms with Crippen LogP contribution in [0.3, 0.4) is 0 Å². The third-order valence-electron chi connectivity index (χ3n) is 1.62. The van der Waals surface area contributed by atoms with Crippen molar-refractivity contribution in [1.82, 2.24) is 0 Å². The lowest BCUT2D eigenvalue weighted by Crippen LogP contribution is -1.88. The molecule has 1 rings (SSSR count). The van der Waals surface area contributed by atoms with Gasteiger partial charge < -0.3 is 0 Å². The van der Waals surface area contributed by atoms with E-state index in [0.717, 1.165) is 16.5 Å². The molecule has 58 valence electrons. The highest BCUT2D eigenvalue weighted by Crippen LogP contribution is 2.15. The monoisotopic (exact) mass is 228 g/mol. The van der Waals surface area contributed by atoms with Crippen LogP contribution in [0.2, 0.25) is 0 Å². The summed E-state index contributed by atoms with van der Waals surface area (Å²) in [6, 6.07) is 6.19. The molecule has 0 atom stereocenters. The molecule has 0 aromatic heterocycles. The lowest BCUT2D eigenvalue weighted by Gasteiger charge is -2.01. The van der Waals surface area contributed by atoms with Crippen molar-refractivity contribution in [3.05, 3.63) is 33.8 Å². The zero-order valence-electron chi connectivity index (χ0n) is 6.30. The molecule has 0 spiro atoms. The van der Waals surface area contributed by atoms with Crippen LogP contribution in [-0.4, -0.2) is 5.37 Å². The summed E-state index contributed by atoms with van der Waals surface area (Å²) in [7, 11) is 0. The van der Waals surface area contributed by atoms with Gasteiger partial charge in [-0.3, -0.25) is 0 Å².